The standard InChI is InChI=1S/C25H24O/c26-24-21-12-16-2-1-14-9-19(16)10-17(21)4-6-23(24)25-8-7-18(13-25)20-11-15(14)3-5-22(20)25/h1-2,9-10,12,15,18,23H,3-8,11,13H2. The molecule has 0 aromatic heterocycles. The van der Waals surface area contributed by atoms with Gasteiger partial charge in [-0.3, -0.25) is 4.79 Å². The minimum atomic E-state index is 0.234. The van der Waals surface area contributed by atoms with Crippen LogP contribution in [-0.2, 0) is 6.42 Å². The molecule has 11 bridgehead atoms. The van der Waals surface area contributed by atoms with Crippen LogP contribution in [0.3, 0.4) is 0 Å². The summed E-state index contributed by atoms with van der Waals surface area (Å²) in [5.41, 5.74) is 7.65. The van der Waals surface area contributed by atoms with E-state index in [0.717, 1.165) is 24.3 Å². The predicted octanol–water partition coefficient (Wildman–Crippen LogP) is 5.96. The number of Topliss-reactive ketones (excluding diaryl/α,β-unsaturated/α-hetero) is 1. The van der Waals surface area contributed by atoms with Crippen LogP contribution in [0.1, 0.15) is 72.3 Å². The molecule has 0 heterocycles. The Balaban J connectivity index is 1.57. The zero-order valence-electron chi connectivity index (χ0n) is 15.2. The van der Waals surface area contributed by atoms with Crippen LogP contribution >= 0.6 is 0 Å². The molecular weight excluding hydrogens is 316 g/mol. The van der Waals surface area contributed by atoms with E-state index < -0.39 is 0 Å². The third-order valence-corrected chi connectivity index (χ3v) is 8.75. The number of allylic oxidation sites excluding steroid dienone is 2. The van der Waals surface area contributed by atoms with Crippen molar-refractivity contribution in [3.05, 3.63) is 58.2 Å². The van der Waals surface area contributed by atoms with E-state index >= 15 is 0 Å². The van der Waals surface area contributed by atoms with Gasteiger partial charge in [0, 0.05) is 16.9 Å². The van der Waals surface area contributed by atoms with Gasteiger partial charge in [0.05, 0.1) is 0 Å². The van der Waals surface area contributed by atoms with Crippen molar-refractivity contribution in [2.75, 3.05) is 0 Å². The molecule has 0 N–H and O–H groups in total. The van der Waals surface area contributed by atoms with E-state index in [4.69, 9.17) is 0 Å². The zero-order valence-corrected chi connectivity index (χ0v) is 15.2. The molecule has 1 nitrogen and oxygen atoms in total. The molecule has 9 aliphatic carbocycles. The smallest absolute Gasteiger partial charge is 0.167 e. The molecule has 9 aliphatic rings. The van der Waals surface area contributed by atoms with Crippen LogP contribution in [-0.4, -0.2) is 5.78 Å². The highest BCUT2D eigenvalue weighted by Gasteiger charge is 2.57. The Morgan fingerprint density at radius 2 is 1.88 bits per heavy atom. The molecule has 2 aromatic carbocycles. The second kappa shape index (κ2) is 4.50. The van der Waals surface area contributed by atoms with Gasteiger partial charge < -0.3 is 0 Å². The average Bonchev–Trinajstić information content (AvgIpc) is 3.24. The Bertz CT molecular complexity index is 1040. The molecule has 11 rings (SSSR count). The lowest BCUT2D eigenvalue weighted by Crippen LogP contribution is -2.38. The number of ketones is 1. The summed E-state index contributed by atoms with van der Waals surface area (Å²) in [4.78, 5) is 13.7. The first-order chi connectivity index (χ1) is 12.7. The second-order valence-corrected chi connectivity index (χ2v) is 9.61. The van der Waals surface area contributed by atoms with Gasteiger partial charge in [-0.25, -0.2) is 0 Å². The van der Waals surface area contributed by atoms with E-state index in [2.05, 4.69) is 30.3 Å². The fourth-order valence-corrected chi connectivity index (χ4v) is 7.61. The third kappa shape index (κ3) is 1.54. The van der Waals surface area contributed by atoms with E-state index in [-0.39, 0.29) is 11.3 Å². The zero-order chi connectivity index (χ0) is 17.0. The lowest BCUT2D eigenvalue weighted by Gasteiger charge is -2.42. The van der Waals surface area contributed by atoms with Crippen molar-refractivity contribution in [3.8, 4) is 0 Å². The number of fused-ring (bicyclic) bond motifs is 1. The predicted molar refractivity (Wildman–Crippen MR) is 103 cm³/mol. The van der Waals surface area contributed by atoms with E-state index in [9.17, 15) is 4.79 Å². The third-order valence-electron chi connectivity index (χ3n) is 8.75. The van der Waals surface area contributed by atoms with Crippen molar-refractivity contribution in [2.24, 2.45) is 17.3 Å². The fraction of sp³-hybridized carbons (Fsp3) is 0.480. The molecule has 1 spiro atoms. The lowest BCUT2D eigenvalue weighted by molar-refractivity contribution is 0.0768. The molecule has 1 saturated carbocycles. The quantitative estimate of drug-likeness (QED) is 0.541. The summed E-state index contributed by atoms with van der Waals surface area (Å²) in [7, 11) is 0. The first kappa shape index (κ1) is 14.2. The van der Waals surface area contributed by atoms with E-state index in [1.165, 1.54) is 60.4 Å². The van der Waals surface area contributed by atoms with Crippen molar-refractivity contribution < 1.29 is 4.79 Å². The highest BCUT2D eigenvalue weighted by Crippen LogP contribution is 2.67. The largest absolute Gasteiger partial charge is 0.294 e. The van der Waals surface area contributed by atoms with Crippen molar-refractivity contribution in [1.82, 2.24) is 0 Å². The number of hydrogen-bond donors (Lipinski definition) is 0. The Morgan fingerprint density at radius 1 is 0.923 bits per heavy atom. The van der Waals surface area contributed by atoms with Crippen molar-refractivity contribution in [1.29, 1.82) is 0 Å². The first-order valence-corrected chi connectivity index (χ1v) is 10.6. The molecule has 4 atom stereocenters. The highest BCUT2D eigenvalue weighted by atomic mass is 16.1. The van der Waals surface area contributed by atoms with Gasteiger partial charge in [-0.2, -0.15) is 0 Å². The van der Waals surface area contributed by atoms with Crippen LogP contribution in [0.4, 0.5) is 0 Å². The van der Waals surface area contributed by atoms with Gasteiger partial charge in [-0.15, -0.1) is 0 Å². The number of benzene rings is 2. The average molecular weight is 340 g/mol. The van der Waals surface area contributed by atoms with Crippen molar-refractivity contribution >= 4 is 16.6 Å². The number of aryl methyl sites for hydroxylation is 1. The summed E-state index contributed by atoms with van der Waals surface area (Å²) < 4.78 is 0. The molecule has 0 aliphatic heterocycles. The van der Waals surface area contributed by atoms with E-state index in [1.54, 1.807) is 11.1 Å². The minimum absolute atomic E-state index is 0.234. The van der Waals surface area contributed by atoms with Gasteiger partial charge in [-0.1, -0.05) is 35.4 Å². The highest BCUT2D eigenvalue weighted by molar-refractivity contribution is 6.04. The van der Waals surface area contributed by atoms with Gasteiger partial charge in [0.25, 0.3) is 0 Å². The summed E-state index contributed by atoms with van der Waals surface area (Å²) in [6.45, 7) is 0. The summed E-state index contributed by atoms with van der Waals surface area (Å²) in [6, 6.07) is 11.6. The first-order valence-electron chi connectivity index (χ1n) is 10.6. The number of hydrogen-bond acceptors (Lipinski definition) is 1. The van der Waals surface area contributed by atoms with Gasteiger partial charge in [-0.05, 0) is 91.2 Å². The molecule has 4 unspecified atom stereocenters. The van der Waals surface area contributed by atoms with Crippen LogP contribution in [0.25, 0.3) is 10.8 Å². The molecule has 0 amide bonds. The monoisotopic (exact) mass is 340 g/mol. The maximum absolute atomic E-state index is 13.7. The van der Waals surface area contributed by atoms with Gasteiger partial charge in [0.15, 0.2) is 5.78 Å². The number of carbonyl (C=O) groups excluding carboxylic acids is 1. The minimum Gasteiger partial charge on any atom is -0.294 e. The van der Waals surface area contributed by atoms with Gasteiger partial charge >= 0.3 is 0 Å². The molecule has 1 heteroatoms. The van der Waals surface area contributed by atoms with E-state index in [0.29, 0.717) is 11.7 Å². The van der Waals surface area contributed by atoms with Crippen LogP contribution in [0.15, 0.2) is 41.5 Å². The van der Waals surface area contributed by atoms with Crippen LogP contribution in [0.2, 0.25) is 0 Å². The Kier molecular flexibility index (Phi) is 2.46. The second-order valence-electron chi connectivity index (χ2n) is 9.61. The Labute approximate surface area is 154 Å². The Hall–Kier alpha value is -1.89. The number of rotatable bonds is 0. The summed E-state index contributed by atoms with van der Waals surface area (Å²) in [5.74, 6) is 2.19. The van der Waals surface area contributed by atoms with E-state index in [1.807, 2.05) is 0 Å². The molecule has 0 radical (unpaired) electrons. The fourth-order valence-electron chi connectivity index (χ4n) is 7.61. The molecule has 1 fully saturated rings. The maximum Gasteiger partial charge on any atom is 0.167 e. The van der Waals surface area contributed by atoms with Crippen LogP contribution in [0, 0.1) is 17.3 Å². The maximum atomic E-state index is 13.7. The van der Waals surface area contributed by atoms with Gasteiger partial charge in [0.1, 0.15) is 0 Å². The summed E-state index contributed by atoms with van der Waals surface area (Å²) >= 11 is 0. The van der Waals surface area contributed by atoms with Crippen molar-refractivity contribution in [3.63, 3.8) is 0 Å². The molecule has 26 heavy (non-hydrogen) atoms. The molecule has 130 valence electrons. The molecule has 2 aromatic rings. The molecule has 0 saturated heterocycles. The summed E-state index contributed by atoms with van der Waals surface area (Å²) in [6.07, 6.45) is 9.85. The van der Waals surface area contributed by atoms with Crippen molar-refractivity contribution in [2.45, 2.75) is 57.3 Å². The number of carbonyl (C=O) groups is 1. The van der Waals surface area contributed by atoms with Gasteiger partial charge in [0.2, 0.25) is 0 Å². The van der Waals surface area contributed by atoms with Crippen LogP contribution < -0.4 is 0 Å². The summed E-state index contributed by atoms with van der Waals surface area (Å²) in [5, 5.41) is 2.60. The molecular formula is C25H24O. The SMILES string of the molecule is O=C1c2cc3ccc4cc3cc2CCC1C12CCC(C1)C1=C2CCC4C1. The normalized spacial score (nSPS) is 36.5. The van der Waals surface area contributed by atoms with Crippen LogP contribution in [0.5, 0.6) is 0 Å². The Morgan fingerprint density at radius 3 is 2.85 bits per heavy atom. The topological polar surface area (TPSA) is 17.1 Å². The lowest BCUT2D eigenvalue weighted by atomic mass is 9.60.